The van der Waals surface area contributed by atoms with Gasteiger partial charge in [0.15, 0.2) is 0 Å². The number of ether oxygens (including phenoxy) is 1. The molecule has 0 aliphatic carbocycles. The molecule has 74 valence electrons. The molecule has 0 radical (unpaired) electrons. The van der Waals surface area contributed by atoms with Crippen molar-refractivity contribution in [3.8, 4) is 12.3 Å². The van der Waals surface area contributed by atoms with Crippen molar-refractivity contribution in [3.63, 3.8) is 0 Å². The van der Waals surface area contributed by atoms with Crippen molar-refractivity contribution in [1.29, 1.82) is 0 Å². The van der Waals surface area contributed by atoms with Gasteiger partial charge in [0.05, 0.1) is 0 Å². The second-order valence-electron chi connectivity index (χ2n) is 2.12. The topological polar surface area (TPSA) is 26.3 Å². The predicted octanol–water partition coefficient (Wildman–Crippen LogP) is 1.11. The highest BCUT2D eigenvalue weighted by Crippen LogP contribution is 2.22. The van der Waals surface area contributed by atoms with Crippen LogP contribution in [0.5, 0.6) is 0 Å². The highest BCUT2D eigenvalue weighted by molar-refractivity contribution is 5.95. The third kappa shape index (κ3) is 4.48. The first kappa shape index (κ1) is 11.9. The highest BCUT2D eigenvalue weighted by atomic mass is 19.3. The van der Waals surface area contributed by atoms with Gasteiger partial charge in [-0.3, -0.25) is 4.79 Å². The molecule has 0 aromatic rings. The molecule has 0 heterocycles. The van der Waals surface area contributed by atoms with Gasteiger partial charge < -0.3 is 4.74 Å². The number of terminal acetylenes is 1. The molecule has 0 spiro atoms. The summed E-state index contributed by atoms with van der Waals surface area (Å²) in [5, 5.41) is 0. The van der Waals surface area contributed by atoms with E-state index < -0.39 is 31.3 Å². The number of hydrogen-bond acceptors (Lipinski definition) is 2. The lowest BCUT2D eigenvalue weighted by Gasteiger charge is -2.13. The maximum atomic E-state index is 12.1. The van der Waals surface area contributed by atoms with Gasteiger partial charge in [0.2, 0.25) is 5.78 Å². The van der Waals surface area contributed by atoms with Crippen LogP contribution in [0.4, 0.5) is 17.6 Å². The van der Waals surface area contributed by atoms with Crippen LogP contribution in [0.1, 0.15) is 0 Å². The number of carbonyl (C=O) groups excluding carboxylic acids is 1. The van der Waals surface area contributed by atoms with Crippen molar-refractivity contribution in [2.24, 2.45) is 0 Å². The number of ketones is 1. The summed E-state index contributed by atoms with van der Waals surface area (Å²) in [7, 11) is 0. The van der Waals surface area contributed by atoms with E-state index >= 15 is 0 Å². The first-order valence-electron chi connectivity index (χ1n) is 3.13. The lowest BCUT2D eigenvalue weighted by Crippen LogP contribution is -2.33. The summed E-state index contributed by atoms with van der Waals surface area (Å²) >= 11 is 0. The van der Waals surface area contributed by atoms with Gasteiger partial charge in [0, 0.05) is 0 Å². The largest absolute Gasteiger partial charge is 0.366 e. The third-order valence-corrected chi connectivity index (χ3v) is 1.01. The lowest BCUT2D eigenvalue weighted by atomic mass is 10.4. The molecule has 0 aliphatic heterocycles. The molecule has 0 aromatic heterocycles. The maximum absolute atomic E-state index is 12.1. The molecule has 6 heteroatoms. The third-order valence-electron chi connectivity index (χ3n) is 1.01. The van der Waals surface area contributed by atoms with E-state index in [4.69, 9.17) is 0 Å². The van der Waals surface area contributed by atoms with Crippen molar-refractivity contribution >= 4 is 5.78 Å². The fourth-order valence-electron chi connectivity index (χ4n) is 0.384. The van der Waals surface area contributed by atoms with Crippen LogP contribution in [0.15, 0.2) is 0 Å². The highest BCUT2D eigenvalue weighted by Gasteiger charge is 2.40. The summed E-state index contributed by atoms with van der Waals surface area (Å²) in [5.74, 6) is -3.53. The van der Waals surface area contributed by atoms with Gasteiger partial charge in [-0.05, 0) is 5.92 Å². The molecular formula is C7H6F4O2. The Balaban J connectivity index is 3.78. The zero-order chi connectivity index (χ0) is 10.5. The summed E-state index contributed by atoms with van der Waals surface area (Å²) in [6.45, 7) is -2.29. The number of rotatable bonds is 5. The van der Waals surface area contributed by atoms with E-state index in [1.54, 1.807) is 5.92 Å². The number of alkyl halides is 4. The van der Waals surface area contributed by atoms with Crippen molar-refractivity contribution < 1.29 is 27.1 Å². The fourth-order valence-corrected chi connectivity index (χ4v) is 0.384. The average molecular weight is 198 g/mol. The Morgan fingerprint density at radius 1 is 1.54 bits per heavy atom. The summed E-state index contributed by atoms with van der Waals surface area (Å²) in [6, 6.07) is 0. The normalized spacial score (nSPS) is 11.4. The number of carbonyl (C=O) groups is 1. The van der Waals surface area contributed by atoms with E-state index in [2.05, 4.69) is 11.2 Å². The summed E-state index contributed by atoms with van der Waals surface area (Å²) < 4.78 is 51.0. The Labute approximate surface area is 71.9 Å². The molecule has 0 aromatic carbocycles. The van der Waals surface area contributed by atoms with Gasteiger partial charge in [0.25, 0.3) is 0 Å². The monoisotopic (exact) mass is 198 g/mol. The van der Waals surface area contributed by atoms with E-state index in [0.717, 1.165) is 0 Å². The van der Waals surface area contributed by atoms with Crippen LogP contribution in [0.2, 0.25) is 0 Å². The Hall–Kier alpha value is -1.09. The summed E-state index contributed by atoms with van der Waals surface area (Å²) in [5.41, 5.74) is 0. The SMILES string of the molecule is C#CC(=O)COCC(F)(F)C(F)F. The molecular weight excluding hydrogens is 192 g/mol. The van der Waals surface area contributed by atoms with Crippen LogP contribution in [-0.2, 0) is 9.53 Å². The van der Waals surface area contributed by atoms with Crippen molar-refractivity contribution in [3.05, 3.63) is 0 Å². The minimum Gasteiger partial charge on any atom is -0.366 e. The molecule has 13 heavy (non-hydrogen) atoms. The Morgan fingerprint density at radius 3 is 2.46 bits per heavy atom. The molecule has 0 amide bonds. The van der Waals surface area contributed by atoms with E-state index in [9.17, 15) is 22.4 Å². The fraction of sp³-hybridized carbons (Fsp3) is 0.571. The second-order valence-corrected chi connectivity index (χ2v) is 2.12. The minimum atomic E-state index is -4.24. The van der Waals surface area contributed by atoms with Gasteiger partial charge in [-0.25, -0.2) is 8.78 Å². The Morgan fingerprint density at radius 2 is 2.08 bits per heavy atom. The zero-order valence-corrected chi connectivity index (χ0v) is 6.40. The molecule has 0 bridgehead atoms. The Kier molecular flexibility index (Phi) is 4.42. The molecule has 0 saturated heterocycles. The maximum Gasteiger partial charge on any atom is 0.330 e. The molecule has 2 nitrogen and oxygen atoms in total. The van der Waals surface area contributed by atoms with Gasteiger partial charge in [-0.2, -0.15) is 8.78 Å². The van der Waals surface area contributed by atoms with E-state index in [-0.39, 0.29) is 0 Å². The standard InChI is InChI=1S/C7H6F4O2/c1-2-5(12)3-13-4-7(10,11)6(8)9/h1,6H,3-4H2. The van der Waals surface area contributed by atoms with Crippen LogP contribution in [0.25, 0.3) is 0 Å². The van der Waals surface area contributed by atoms with Gasteiger partial charge in [0.1, 0.15) is 13.2 Å². The van der Waals surface area contributed by atoms with E-state index in [1.807, 2.05) is 0 Å². The molecule has 0 aliphatic rings. The number of Topliss-reactive ketones (excluding diaryl/α,β-unsaturated/α-hetero) is 1. The number of halogens is 4. The summed E-state index contributed by atoms with van der Waals surface area (Å²) in [6.07, 6.45) is 0.755. The number of hydrogen-bond donors (Lipinski definition) is 0. The molecule has 0 rings (SSSR count). The van der Waals surface area contributed by atoms with Crippen LogP contribution in [0.3, 0.4) is 0 Å². The van der Waals surface area contributed by atoms with Crippen molar-refractivity contribution in [1.82, 2.24) is 0 Å². The van der Waals surface area contributed by atoms with Crippen molar-refractivity contribution in [2.75, 3.05) is 13.2 Å². The zero-order valence-electron chi connectivity index (χ0n) is 6.40. The first-order valence-corrected chi connectivity index (χ1v) is 3.13. The molecule has 0 atom stereocenters. The molecule has 0 fully saturated rings. The Bertz CT molecular complexity index is 219. The van der Waals surface area contributed by atoms with Crippen LogP contribution < -0.4 is 0 Å². The minimum absolute atomic E-state index is 0.779. The average Bonchev–Trinajstić information content (AvgIpc) is 2.03. The smallest absolute Gasteiger partial charge is 0.330 e. The van der Waals surface area contributed by atoms with Crippen molar-refractivity contribution in [2.45, 2.75) is 12.3 Å². The van der Waals surface area contributed by atoms with Crippen LogP contribution >= 0.6 is 0 Å². The van der Waals surface area contributed by atoms with Gasteiger partial charge in [-0.1, -0.05) is 0 Å². The molecule has 0 saturated carbocycles. The van der Waals surface area contributed by atoms with Gasteiger partial charge in [-0.15, -0.1) is 6.42 Å². The molecule has 0 unspecified atom stereocenters. The quantitative estimate of drug-likeness (QED) is 0.375. The van der Waals surface area contributed by atoms with Crippen LogP contribution in [0, 0.1) is 12.3 Å². The lowest BCUT2D eigenvalue weighted by molar-refractivity contribution is -0.167. The summed E-state index contributed by atoms with van der Waals surface area (Å²) in [4.78, 5) is 10.3. The van der Waals surface area contributed by atoms with E-state index in [1.165, 1.54) is 0 Å². The first-order chi connectivity index (χ1) is 5.90. The van der Waals surface area contributed by atoms with Gasteiger partial charge >= 0.3 is 12.3 Å². The van der Waals surface area contributed by atoms with E-state index in [0.29, 0.717) is 0 Å². The predicted molar refractivity (Wildman–Crippen MR) is 35.6 cm³/mol. The second kappa shape index (κ2) is 4.82. The van der Waals surface area contributed by atoms with Crippen LogP contribution in [-0.4, -0.2) is 31.3 Å². The molecule has 0 N–H and O–H groups in total.